The number of aromatic nitrogens is 3. The van der Waals surface area contributed by atoms with Crippen molar-refractivity contribution in [2.45, 2.75) is 31.7 Å². The highest BCUT2D eigenvalue weighted by molar-refractivity contribution is 5.94. The Morgan fingerprint density at radius 2 is 2.00 bits per heavy atom. The molecule has 0 unspecified atom stereocenters. The van der Waals surface area contributed by atoms with Gasteiger partial charge in [0.25, 0.3) is 11.8 Å². The van der Waals surface area contributed by atoms with Gasteiger partial charge in [-0.2, -0.15) is 0 Å². The minimum Gasteiger partial charge on any atom is -0.396 e. The summed E-state index contributed by atoms with van der Waals surface area (Å²) in [4.78, 5) is 28.7. The number of carbonyl (C=O) groups is 2. The molecule has 1 aromatic carbocycles. The van der Waals surface area contributed by atoms with Crippen LogP contribution in [-0.4, -0.2) is 51.7 Å². The highest BCUT2D eigenvalue weighted by Gasteiger charge is 2.27. The molecule has 1 aromatic heterocycles. The second-order valence-corrected chi connectivity index (χ2v) is 6.05. The lowest BCUT2D eigenvalue weighted by atomic mass is 10.1. The molecule has 0 aliphatic heterocycles. The smallest absolute Gasteiger partial charge is 0.274 e. The Morgan fingerprint density at radius 3 is 2.62 bits per heavy atom. The summed E-state index contributed by atoms with van der Waals surface area (Å²) in [6.45, 7) is 0.00495. The molecule has 0 radical (unpaired) electrons. The predicted molar refractivity (Wildman–Crippen MR) is 91.7 cm³/mol. The zero-order valence-corrected chi connectivity index (χ0v) is 14.4. The third kappa shape index (κ3) is 4.06. The van der Waals surface area contributed by atoms with Gasteiger partial charge in [0.15, 0.2) is 5.69 Å². The molecule has 3 rings (SSSR count). The molecule has 0 bridgehead atoms. The summed E-state index contributed by atoms with van der Waals surface area (Å²) in [5.74, 6) is -0.606. The Kier molecular flexibility index (Phi) is 5.59. The molecule has 1 aliphatic carbocycles. The molecule has 1 saturated carbocycles. The maximum atomic E-state index is 12.4. The Labute approximate surface area is 150 Å². The van der Waals surface area contributed by atoms with Crippen molar-refractivity contribution in [1.29, 1.82) is 0 Å². The number of aliphatic hydroxyl groups is 1. The van der Waals surface area contributed by atoms with Crippen LogP contribution >= 0.6 is 0 Å². The van der Waals surface area contributed by atoms with Crippen LogP contribution in [-0.2, 0) is 11.3 Å². The molecule has 2 amide bonds. The van der Waals surface area contributed by atoms with E-state index in [1.165, 1.54) is 7.11 Å². The fourth-order valence-electron chi connectivity index (χ4n) is 2.54. The first-order valence-electron chi connectivity index (χ1n) is 8.44. The predicted octanol–water partition coefficient (Wildman–Crippen LogP) is 0.376. The van der Waals surface area contributed by atoms with E-state index < -0.39 is 0 Å². The molecular formula is C17H21N5O4. The molecule has 0 spiro atoms. The molecule has 26 heavy (non-hydrogen) atoms. The van der Waals surface area contributed by atoms with Gasteiger partial charge in [-0.05, 0) is 49.9 Å². The maximum absolute atomic E-state index is 12.4. The number of hydrogen-bond acceptors (Lipinski definition) is 6. The summed E-state index contributed by atoms with van der Waals surface area (Å²) in [5, 5.41) is 20.2. The largest absolute Gasteiger partial charge is 0.396 e. The number of nitrogens with zero attached hydrogens (tertiary/aromatic N) is 3. The first kappa shape index (κ1) is 18.0. The maximum Gasteiger partial charge on any atom is 0.274 e. The van der Waals surface area contributed by atoms with Crippen molar-refractivity contribution in [2.24, 2.45) is 0 Å². The average Bonchev–Trinajstić information content (AvgIpc) is 3.36. The van der Waals surface area contributed by atoms with Crippen molar-refractivity contribution >= 4 is 11.8 Å². The molecule has 3 N–H and O–H groups in total. The lowest BCUT2D eigenvalue weighted by Crippen LogP contribution is -2.27. The van der Waals surface area contributed by atoms with Crippen LogP contribution in [0.3, 0.4) is 0 Å². The second kappa shape index (κ2) is 8.07. The van der Waals surface area contributed by atoms with E-state index in [1.54, 1.807) is 28.9 Å². The van der Waals surface area contributed by atoms with Crippen LogP contribution in [0.5, 0.6) is 0 Å². The third-order valence-electron chi connectivity index (χ3n) is 4.03. The van der Waals surface area contributed by atoms with Crippen LogP contribution in [0.1, 0.15) is 45.8 Å². The van der Waals surface area contributed by atoms with E-state index in [9.17, 15) is 9.59 Å². The van der Waals surface area contributed by atoms with Gasteiger partial charge in [-0.1, -0.05) is 5.21 Å². The van der Waals surface area contributed by atoms with E-state index in [0.29, 0.717) is 29.8 Å². The summed E-state index contributed by atoms with van der Waals surface area (Å²) < 4.78 is 1.56. The quantitative estimate of drug-likeness (QED) is 0.586. The molecule has 9 nitrogen and oxygen atoms in total. The van der Waals surface area contributed by atoms with Crippen molar-refractivity contribution in [1.82, 2.24) is 25.8 Å². The van der Waals surface area contributed by atoms with Gasteiger partial charge in [-0.15, -0.1) is 5.10 Å². The van der Waals surface area contributed by atoms with E-state index in [-0.39, 0.29) is 30.2 Å². The van der Waals surface area contributed by atoms with Gasteiger partial charge < -0.3 is 10.4 Å². The topological polar surface area (TPSA) is 118 Å². The monoisotopic (exact) mass is 359 g/mol. The number of hydroxylamine groups is 1. The first-order chi connectivity index (χ1) is 12.6. The summed E-state index contributed by atoms with van der Waals surface area (Å²) in [7, 11) is 1.36. The zero-order chi connectivity index (χ0) is 18.5. The van der Waals surface area contributed by atoms with Crippen molar-refractivity contribution in [3.8, 4) is 5.69 Å². The first-order valence-corrected chi connectivity index (χ1v) is 8.44. The van der Waals surface area contributed by atoms with Gasteiger partial charge in [0.05, 0.1) is 18.5 Å². The van der Waals surface area contributed by atoms with Crippen LogP contribution in [0, 0.1) is 0 Å². The summed E-state index contributed by atoms with van der Waals surface area (Å²) >= 11 is 0. The number of benzene rings is 1. The standard InChI is InChI=1S/C17H21N5O4/c1-26-20-16(24)11-4-8-13(9-5-11)22-14(3-2-10-23)15(19-21-22)17(25)18-12-6-7-12/h4-5,8-9,12,23H,2-3,6-7,10H2,1H3,(H,18,25)(H,20,24). The molecule has 9 heteroatoms. The zero-order valence-electron chi connectivity index (χ0n) is 14.4. The fourth-order valence-corrected chi connectivity index (χ4v) is 2.54. The fraction of sp³-hybridized carbons (Fsp3) is 0.412. The Balaban J connectivity index is 1.86. The Hall–Kier alpha value is -2.78. The van der Waals surface area contributed by atoms with E-state index in [0.717, 1.165) is 12.8 Å². The third-order valence-corrected chi connectivity index (χ3v) is 4.03. The highest BCUT2D eigenvalue weighted by atomic mass is 16.6. The number of aliphatic hydroxyl groups excluding tert-OH is 1. The number of nitrogens with one attached hydrogen (secondary N) is 2. The average molecular weight is 359 g/mol. The number of carbonyl (C=O) groups excluding carboxylic acids is 2. The van der Waals surface area contributed by atoms with E-state index >= 15 is 0 Å². The molecular weight excluding hydrogens is 338 g/mol. The van der Waals surface area contributed by atoms with Crippen molar-refractivity contribution in [3.05, 3.63) is 41.2 Å². The summed E-state index contributed by atoms with van der Waals surface area (Å²) in [6.07, 6.45) is 2.92. The number of hydrogen-bond donors (Lipinski definition) is 3. The molecule has 0 saturated heterocycles. The second-order valence-electron chi connectivity index (χ2n) is 6.05. The molecule has 1 heterocycles. The van der Waals surface area contributed by atoms with Crippen LogP contribution in [0.4, 0.5) is 0 Å². The Morgan fingerprint density at radius 1 is 1.27 bits per heavy atom. The van der Waals surface area contributed by atoms with Crippen molar-refractivity contribution in [3.63, 3.8) is 0 Å². The highest BCUT2D eigenvalue weighted by Crippen LogP contribution is 2.21. The van der Waals surface area contributed by atoms with E-state index in [1.807, 2.05) is 0 Å². The lowest BCUT2D eigenvalue weighted by Gasteiger charge is -2.09. The molecule has 2 aromatic rings. The van der Waals surface area contributed by atoms with Gasteiger partial charge in [0, 0.05) is 18.2 Å². The van der Waals surface area contributed by atoms with E-state index in [4.69, 9.17) is 5.11 Å². The van der Waals surface area contributed by atoms with Crippen molar-refractivity contribution in [2.75, 3.05) is 13.7 Å². The minimum absolute atomic E-state index is 0.00495. The normalized spacial score (nSPS) is 13.5. The van der Waals surface area contributed by atoms with Crippen LogP contribution in [0.2, 0.25) is 0 Å². The van der Waals surface area contributed by atoms with Crippen LogP contribution in [0.15, 0.2) is 24.3 Å². The summed E-state index contributed by atoms with van der Waals surface area (Å²) in [6, 6.07) is 6.90. The van der Waals surface area contributed by atoms with Gasteiger partial charge in [-0.25, -0.2) is 10.2 Å². The summed E-state index contributed by atoms with van der Waals surface area (Å²) in [5.41, 5.74) is 4.25. The van der Waals surface area contributed by atoms with Crippen LogP contribution in [0.25, 0.3) is 5.69 Å². The Bertz CT molecular complexity index is 783. The molecule has 138 valence electrons. The van der Waals surface area contributed by atoms with Gasteiger partial charge in [0.1, 0.15) is 0 Å². The molecule has 0 atom stereocenters. The van der Waals surface area contributed by atoms with Crippen molar-refractivity contribution < 1.29 is 19.5 Å². The lowest BCUT2D eigenvalue weighted by molar-refractivity contribution is 0.0537. The SMILES string of the molecule is CONC(=O)c1ccc(-n2nnc(C(=O)NC3CC3)c2CCCO)cc1. The number of rotatable bonds is 8. The van der Waals surface area contributed by atoms with Gasteiger partial charge >= 0.3 is 0 Å². The molecule has 1 fully saturated rings. The van der Waals surface area contributed by atoms with Gasteiger partial charge in [0.2, 0.25) is 0 Å². The minimum atomic E-state index is -0.359. The van der Waals surface area contributed by atoms with Crippen LogP contribution < -0.4 is 10.8 Å². The van der Waals surface area contributed by atoms with Gasteiger partial charge in [-0.3, -0.25) is 14.4 Å². The molecule has 1 aliphatic rings. The van der Waals surface area contributed by atoms with E-state index in [2.05, 4.69) is 25.9 Å². The number of amides is 2.